The summed E-state index contributed by atoms with van der Waals surface area (Å²) in [5, 5.41) is 11.5. The minimum Gasteiger partial charge on any atom is -0.465 e. The van der Waals surface area contributed by atoms with Gasteiger partial charge in [-0.15, -0.1) is 0 Å². The molecular formula is C60H92N4O11. The third-order valence-electron chi connectivity index (χ3n) is 12.7. The van der Waals surface area contributed by atoms with Gasteiger partial charge in [0, 0.05) is 38.2 Å². The molecule has 15 heteroatoms. The Morgan fingerprint density at radius 3 is 1.91 bits per heavy atom. The first-order chi connectivity index (χ1) is 35.9. The molecule has 0 heterocycles. The second-order valence-corrected chi connectivity index (χ2v) is 20.2. The second kappa shape index (κ2) is 39.0. The molecule has 4 N–H and O–H groups in total. The van der Waals surface area contributed by atoms with Crippen LogP contribution < -0.4 is 21.3 Å². The van der Waals surface area contributed by atoms with Crippen LogP contribution in [0.5, 0.6) is 0 Å². The highest BCUT2D eigenvalue weighted by Crippen LogP contribution is 2.41. The van der Waals surface area contributed by atoms with Crippen LogP contribution in [0.3, 0.4) is 0 Å². The Bertz CT molecular complexity index is 2090. The molecule has 15 nitrogen and oxygen atoms in total. The number of hydrogen-bond acceptors (Lipinski definition) is 11. The molecule has 0 bridgehead atoms. The van der Waals surface area contributed by atoms with E-state index < -0.39 is 6.04 Å². The Kier molecular flexibility index (Phi) is 34.1. The molecule has 0 aromatic carbocycles. The van der Waals surface area contributed by atoms with Crippen LogP contribution >= 0.6 is 0 Å². The summed E-state index contributed by atoms with van der Waals surface area (Å²) in [6.45, 7) is 24.1. The molecule has 75 heavy (non-hydrogen) atoms. The Morgan fingerprint density at radius 1 is 0.640 bits per heavy atom. The summed E-state index contributed by atoms with van der Waals surface area (Å²) in [7, 11) is 0. The maximum atomic E-state index is 13.4. The van der Waals surface area contributed by atoms with Crippen molar-refractivity contribution in [3.8, 4) is 0 Å². The molecule has 0 radical (unpaired) electrons. The van der Waals surface area contributed by atoms with Gasteiger partial charge in [0.15, 0.2) is 0 Å². The Labute approximate surface area is 449 Å². The maximum Gasteiger partial charge on any atom is 0.293 e. The summed E-state index contributed by atoms with van der Waals surface area (Å²) in [6, 6.07) is -0.798. The fourth-order valence-electron chi connectivity index (χ4n) is 8.47. The van der Waals surface area contributed by atoms with E-state index in [1.807, 2.05) is 56.4 Å². The Morgan fingerprint density at radius 2 is 1.25 bits per heavy atom. The second-order valence-electron chi connectivity index (χ2n) is 20.2. The number of rotatable bonds is 38. The van der Waals surface area contributed by atoms with E-state index in [0.717, 1.165) is 36.0 Å². The molecule has 0 fully saturated rings. The quantitative estimate of drug-likeness (QED) is 0.0200. The number of hydrogen-bond donors (Lipinski definition) is 4. The monoisotopic (exact) mass is 1040 g/mol. The number of amides is 4. The van der Waals surface area contributed by atoms with Gasteiger partial charge < -0.3 is 49.7 Å². The standard InChI is InChI=1S/C60H92N4O11/c1-47(25-26-53-51(5)22-17-29-60(53,8)9)19-15-20-49(3)45-57(68)64-54(24-13-14-30-61-56(67)44-48(2)18-11-10-12-23-52-50(4)21-16-28-59(52,6)7)58(69)63-32-35-72-38-37-71-34-31-62-55(66)27-33-70-36-39-73-40-41-74-42-43-75-46-65/h10-12,15,18-21,23,25-26,44-46,54H,13-14,16-17,22,24,27-43H2,1-9H3,(H,61,67)(H,62,66)(H,63,69)(H,64,68)/b12-10+,18-11+,20-15+,26-25+,47-19+,48-44+,49-45+,52-23-/t54-/m1/s1. The molecule has 0 aromatic rings. The maximum absolute atomic E-state index is 13.4. The smallest absolute Gasteiger partial charge is 0.293 e. The molecular weight excluding hydrogens is 953 g/mol. The van der Waals surface area contributed by atoms with Crippen molar-refractivity contribution >= 4 is 30.1 Å². The molecule has 0 unspecified atom stereocenters. The highest BCUT2D eigenvalue weighted by molar-refractivity contribution is 5.93. The Hall–Kier alpha value is -5.45. The molecule has 1 atom stereocenters. The highest BCUT2D eigenvalue weighted by Gasteiger charge is 2.27. The summed E-state index contributed by atoms with van der Waals surface area (Å²) in [5.74, 6) is -1.05. The number of carbonyl (C=O) groups excluding carboxylic acids is 5. The van der Waals surface area contributed by atoms with E-state index in [0.29, 0.717) is 91.7 Å². The minimum absolute atomic E-state index is 0.151. The van der Waals surface area contributed by atoms with Gasteiger partial charge in [0.2, 0.25) is 23.6 Å². The zero-order valence-corrected chi connectivity index (χ0v) is 46.9. The lowest BCUT2D eigenvalue weighted by Gasteiger charge is -2.32. The van der Waals surface area contributed by atoms with Crippen LogP contribution in [-0.2, 0) is 52.4 Å². The van der Waals surface area contributed by atoms with Gasteiger partial charge >= 0.3 is 0 Å². The van der Waals surface area contributed by atoms with E-state index in [1.54, 1.807) is 6.08 Å². The number of unbranched alkanes of at least 4 members (excludes halogenated alkanes) is 1. The predicted molar refractivity (Wildman–Crippen MR) is 299 cm³/mol. The van der Waals surface area contributed by atoms with Gasteiger partial charge in [-0.05, 0) is 119 Å². The highest BCUT2D eigenvalue weighted by atomic mass is 16.6. The van der Waals surface area contributed by atoms with E-state index in [4.69, 9.17) is 23.7 Å². The van der Waals surface area contributed by atoms with Crippen molar-refractivity contribution in [3.63, 3.8) is 0 Å². The fourth-order valence-corrected chi connectivity index (χ4v) is 8.47. The van der Waals surface area contributed by atoms with Crippen molar-refractivity contribution in [1.82, 2.24) is 21.3 Å². The van der Waals surface area contributed by atoms with Crippen molar-refractivity contribution in [2.75, 3.05) is 92.3 Å². The number of allylic oxidation sites excluding steroid dienone is 18. The van der Waals surface area contributed by atoms with Crippen molar-refractivity contribution < 1.29 is 52.4 Å². The van der Waals surface area contributed by atoms with Gasteiger partial charge in [0.05, 0.1) is 66.1 Å². The van der Waals surface area contributed by atoms with Crippen LogP contribution in [0, 0.1) is 10.8 Å². The lowest BCUT2D eigenvalue weighted by molar-refractivity contribution is -0.130. The number of ether oxygens (including phenoxy) is 6. The first-order valence-corrected chi connectivity index (χ1v) is 26.8. The van der Waals surface area contributed by atoms with E-state index in [-0.39, 0.29) is 67.2 Å². The van der Waals surface area contributed by atoms with Crippen LogP contribution in [0.25, 0.3) is 0 Å². The Balaban J connectivity index is 1.81. The van der Waals surface area contributed by atoms with Crippen molar-refractivity contribution in [2.45, 2.75) is 126 Å². The molecule has 418 valence electrons. The average Bonchev–Trinajstić information content (AvgIpc) is 3.34. The normalized spacial score (nSPS) is 17.3. The number of carbonyl (C=O) groups is 5. The van der Waals surface area contributed by atoms with E-state index in [2.05, 4.69) is 98.8 Å². The van der Waals surface area contributed by atoms with Crippen LogP contribution in [0.2, 0.25) is 0 Å². The third kappa shape index (κ3) is 31.3. The molecule has 0 aliphatic heterocycles. The van der Waals surface area contributed by atoms with Crippen molar-refractivity contribution in [1.29, 1.82) is 0 Å². The first-order valence-electron chi connectivity index (χ1n) is 26.8. The summed E-state index contributed by atoms with van der Waals surface area (Å²) < 4.78 is 31.7. The zero-order valence-electron chi connectivity index (χ0n) is 46.9. The van der Waals surface area contributed by atoms with Crippen molar-refractivity contribution in [3.05, 3.63) is 118 Å². The van der Waals surface area contributed by atoms with Gasteiger partial charge in [-0.1, -0.05) is 111 Å². The van der Waals surface area contributed by atoms with Gasteiger partial charge in [-0.25, -0.2) is 0 Å². The molecule has 0 saturated carbocycles. The summed E-state index contributed by atoms with van der Waals surface area (Å²) in [5.41, 5.74) is 8.52. The van der Waals surface area contributed by atoms with Crippen molar-refractivity contribution in [2.24, 2.45) is 10.8 Å². The average molecular weight is 1050 g/mol. The number of nitrogens with one attached hydrogen (secondary N) is 4. The zero-order chi connectivity index (χ0) is 55.2. The minimum atomic E-state index is -0.798. The molecule has 2 aliphatic carbocycles. The molecule has 4 amide bonds. The van der Waals surface area contributed by atoms with E-state index >= 15 is 0 Å². The molecule has 0 spiro atoms. The first kappa shape index (κ1) is 65.7. The van der Waals surface area contributed by atoms with E-state index in [1.165, 1.54) is 41.2 Å². The lowest BCUT2D eigenvalue weighted by Crippen LogP contribution is -2.47. The lowest BCUT2D eigenvalue weighted by atomic mass is 9.72. The summed E-state index contributed by atoms with van der Waals surface area (Å²) in [6.07, 6.45) is 33.1. The molecule has 0 saturated heterocycles. The summed E-state index contributed by atoms with van der Waals surface area (Å²) in [4.78, 5) is 61.5. The fraction of sp³-hybridized carbons (Fsp3) is 0.583. The van der Waals surface area contributed by atoms with Crippen LogP contribution in [0.4, 0.5) is 0 Å². The van der Waals surface area contributed by atoms with Gasteiger partial charge in [-0.3, -0.25) is 24.0 Å². The molecule has 2 rings (SSSR count). The summed E-state index contributed by atoms with van der Waals surface area (Å²) >= 11 is 0. The van der Waals surface area contributed by atoms with Gasteiger partial charge in [0.1, 0.15) is 12.6 Å². The van der Waals surface area contributed by atoms with Gasteiger partial charge in [-0.2, -0.15) is 0 Å². The third-order valence-corrected chi connectivity index (χ3v) is 12.7. The molecule has 2 aliphatic rings. The topological polar surface area (TPSA) is 189 Å². The SMILES string of the molecule is CC1=CCCC(C)(C)\C1=C/C=C/C=C/C(C)=C/C(=O)NCCCC[C@@H](NC(=O)/C=C(C)/C=C/C=C(C)/C=C/C1=C(C)CCCC1(C)C)C(=O)NCCOCCOCCNC(=O)CCOCCOCCOCCOC=O. The van der Waals surface area contributed by atoms with Crippen LogP contribution in [-0.4, -0.2) is 128 Å². The van der Waals surface area contributed by atoms with E-state index in [9.17, 15) is 24.0 Å². The molecule has 0 aromatic heterocycles. The largest absolute Gasteiger partial charge is 0.465 e. The predicted octanol–water partition coefficient (Wildman–Crippen LogP) is 8.92. The van der Waals surface area contributed by atoms with Gasteiger partial charge in [0.25, 0.3) is 6.47 Å². The van der Waals surface area contributed by atoms with Crippen LogP contribution in [0.15, 0.2) is 118 Å². The van der Waals surface area contributed by atoms with Crippen LogP contribution in [0.1, 0.15) is 120 Å².